The first-order valence-electron chi connectivity index (χ1n) is 11.2. The van der Waals surface area contributed by atoms with Gasteiger partial charge in [-0.05, 0) is 54.4 Å². The van der Waals surface area contributed by atoms with Gasteiger partial charge in [0.15, 0.2) is 12.2 Å². The summed E-state index contributed by atoms with van der Waals surface area (Å²) < 4.78 is 12.1. The van der Waals surface area contributed by atoms with Crippen molar-refractivity contribution in [3.8, 4) is 0 Å². The molecule has 31 heavy (non-hydrogen) atoms. The highest BCUT2D eigenvalue weighted by Crippen LogP contribution is 2.55. The van der Waals surface area contributed by atoms with E-state index in [2.05, 4.69) is 19.2 Å². The largest absolute Gasteiger partial charge is 0.453 e. The van der Waals surface area contributed by atoms with Crippen LogP contribution in [0, 0.1) is 17.3 Å². The Morgan fingerprint density at radius 3 is 1.90 bits per heavy atom. The molecule has 6 unspecified atom stereocenters. The number of nitrogens with one attached hydrogen (secondary N) is 1. The number of rotatable bonds is 4. The summed E-state index contributed by atoms with van der Waals surface area (Å²) in [6, 6.07) is 18.0. The number of fused-ring (bicyclic) bond motifs is 5. The minimum Gasteiger partial charge on any atom is -0.453 e. The third-order valence-electron chi connectivity index (χ3n) is 7.49. The summed E-state index contributed by atoms with van der Waals surface area (Å²) in [5, 5.41) is 3.68. The lowest BCUT2D eigenvalue weighted by atomic mass is 9.58. The zero-order valence-corrected chi connectivity index (χ0v) is 18.0. The molecule has 3 aliphatic rings. The van der Waals surface area contributed by atoms with Gasteiger partial charge in [-0.25, -0.2) is 9.59 Å². The standard InChI is InChI=1S/C26H29NO4/c1-26(2)15-9-14-18-19(26)21-23(31-25(29)17-12-7-4-8-13-17)22(20(18)27-21)30-24(28)16-10-5-3-6-11-16/h3-8,10-13,18-23,27H,9,14-15H2,1-2H3. The molecule has 2 bridgehead atoms. The van der Waals surface area contributed by atoms with Crippen molar-refractivity contribution in [3.63, 3.8) is 0 Å². The maximum absolute atomic E-state index is 12.9. The molecule has 0 amide bonds. The van der Waals surface area contributed by atoms with Crippen LogP contribution in [0.5, 0.6) is 0 Å². The summed E-state index contributed by atoms with van der Waals surface area (Å²) in [6.07, 6.45) is 2.46. The van der Waals surface area contributed by atoms with Crippen LogP contribution in [0.25, 0.3) is 0 Å². The van der Waals surface area contributed by atoms with Crippen molar-refractivity contribution in [2.75, 3.05) is 0 Å². The van der Waals surface area contributed by atoms with Crippen molar-refractivity contribution in [1.29, 1.82) is 0 Å². The van der Waals surface area contributed by atoms with Crippen LogP contribution in [-0.2, 0) is 9.47 Å². The van der Waals surface area contributed by atoms with Crippen LogP contribution in [-0.4, -0.2) is 36.2 Å². The van der Waals surface area contributed by atoms with E-state index in [1.165, 1.54) is 6.42 Å². The first-order chi connectivity index (χ1) is 15.0. The summed E-state index contributed by atoms with van der Waals surface area (Å²) in [7, 11) is 0. The van der Waals surface area contributed by atoms with Crippen molar-refractivity contribution >= 4 is 11.9 Å². The Bertz CT molecular complexity index is 958. The molecule has 1 saturated carbocycles. The Morgan fingerprint density at radius 2 is 1.35 bits per heavy atom. The third-order valence-corrected chi connectivity index (χ3v) is 7.49. The van der Waals surface area contributed by atoms with E-state index in [0.29, 0.717) is 23.0 Å². The quantitative estimate of drug-likeness (QED) is 0.751. The van der Waals surface area contributed by atoms with E-state index in [-0.39, 0.29) is 29.4 Å². The van der Waals surface area contributed by atoms with Gasteiger partial charge in [0.1, 0.15) is 0 Å². The van der Waals surface area contributed by atoms with E-state index in [9.17, 15) is 9.59 Å². The number of esters is 2. The molecule has 5 rings (SSSR count). The average molecular weight is 420 g/mol. The lowest BCUT2D eigenvalue weighted by molar-refractivity contribution is -0.0813. The Kier molecular flexibility index (Phi) is 5.09. The zero-order chi connectivity index (χ0) is 21.6. The summed E-state index contributed by atoms with van der Waals surface area (Å²) in [4.78, 5) is 25.8. The molecule has 1 N–H and O–H groups in total. The monoisotopic (exact) mass is 419 g/mol. The van der Waals surface area contributed by atoms with Crippen LogP contribution in [0.15, 0.2) is 60.7 Å². The van der Waals surface area contributed by atoms with Gasteiger partial charge in [0.05, 0.1) is 23.2 Å². The topological polar surface area (TPSA) is 64.6 Å². The smallest absolute Gasteiger partial charge is 0.338 e. The normalized spacial score (nSPS) is 32.8. The molecule has 5 nitrogen and oxygen atoms in total. The van der Waals surface area contributed by atoms with Gasteiger partial charge in [-0.1, -0.05) is 56.7 Å². The molecular weight excluding hydrogens is 390 g/mol. The van der Waals surface area contributed by atoms with Crippen molar-refractivity contribution in [2.45, 2.75) is 57.4 Å². The summed E-state index contributed by atoms with van der Waals surface area (Å²) in [5.41, 5.74) is 1.18. The van der Waals surface area contributed by atoms with Crippen LogP contribution in [0.3, 0.4) is 0 Å². The minimum absolute atomic E-state index is 0.00784. The molecular formula is C26H29NO4. The second-order valence-corrected chi connectivity index (χ2v) is 9.76. The van der Waals surface area contributed by atoms with E-state index < -0.39 is 12.2 Å². The fraction of sp³-hybridized carbons (Fsp3) is 0.462. The van der Waals surface area contributed by atoms with Gasteiger partial charge < -0.3 is 14.8 Å². The first kappa shape index (κ1) is 20.3. The second kappa shape index (κ2) is 7.79. The molecule has 2 saturated heterocycles. The fourth-order valence-corrected chi connectivity index (χ4v) is 6.18. The maximum Gasteiger partial charge on any atom is 0.338 e. The first-order valence-corrected chi connectivity index (χ1v) is 11.2. The molecule has 1 aliphatic carbocycles. The van der Waals surface area contributed by atoms with Gasteiger partial charge in [-0.15, -0.1) is 0 Å². The highest BCUT2D eigenvalue weighted by molar-refractivity contribution is 5.90. The number of benzene rings is 2. The van der Waals surface area contributed by atoms with E-state index in [1.807, 2.05) is 36.4 Å². The molecule has 6 atom stereocenters. The molecule has 162 valence electrons. The van der Waals surface area contributed by atoms with Crippen LogP contribution in [0.2, 0.25) is 0 Å². The third kappa shape index (κ3) is 3.55. The summed E-state index contributed by atoms with van der Waals surface area (Å²) in [6.45, 7) is 4.63. The SMILES string of the molecule is CC1(C)CCCC2C3NC(C(OC(=O)c4ccccc4)C3OC(=O)c3ccccc3)C21. The summed E-state index contributed by atoms with van der Waals surface area (Å²) >= 11 is 0. The van der Waals surface area contributed by atoms with Crippen LogP contribution < -0.4 is 5.32 Å². The Morgan fingerprint density at radius 1 is 0.839 bits per heavy atom. The lowest BCUT2D eigenvalue weighted by Gasteiger charge is -2.48. The molecule has 3 fully saturated rings. The van der Waals surface area contributed by atoms with E-state index in [1.54, 1.807) is 24.3 Å². The molecule has 0 spiro atoms. The van der Waals surface area contributed by atoms with Gasteiger partial charge >= 0.3 is 11.9 Å². The highest BCUT2D eigenvalue weighted by atomic mass is 16.6. The number of carbonyl (C=O) groups excluding carboxylic acids is 2. The Balaban J connectivity index is 1.43. The van der Waals surface area contributed by atoms with Crippen molar-refractivity contribution in [1.82, 2.24) is 5.32 Å². The minimum atomic E-state index is -0.496. The molecule has 0 aromatic heterocycles. The van der Waals surface area contributed by atoms with Crippen LogP contribution in [0.1, 0.15) is 53.8 Å². The molecule has 2 aromatic carbocycles. The van der Waals surface area contributed by atoms with Crippen molar-refractivity contribution < 1.29 is 19.1 Å². The van der Waals surface area contributed by atoms with Gasteiger partial charge in [-0.3, -0.25) is 0 Å². The fourth-order valence-electron chi connectivity index (χ4n) is 6.18. The highest BCUT2D eigenvalue weighted by Gasteiger charge is 2.65. The molecule has 2 heterocycles. The predicted molar refractivity (Wildman–Crippen MR) is 117 cm³/mol. The van der Waals surface area contributed by atoms with Crippen LogP contribution in [0.4, 0.5) is 0 Å². The molecule has 2 aromatic rings. The van der Waals surface area contributed by atoms with Gasteiger partial charge in [0, 0.05) is 0 Å². The Hall–Kier alpha value is -2.66. The predicted octanol–water partition coefficient (Wildman–Crippen LogP) is 4.23. The maximum atomic E-state index is 12.9. The van der Waals surface area contributed by atoms with E-state index >= 15 is 0 Å². The van der Waals surface area contributed by atoms with Crippen LogP contribution >= 0.6 is 0 Å². The number of carbonyl (C=O) groups is 2. The zero-order valence-electron chi connectivity index (χ0n) is 18.0. The van der Waals surface area contributed by atoms with Crippen molar-refractivity contribution in [3.05, 3.63) is 71.8 Å². The number of hydrogen-bond donors (Lipinski definition) is 1. The van der Waals surface area contributed by atoms with Gasteiger partial charge in [0.25, 0.3) is 0 Å². The summed E-state index contributed by atoms with van der Waals surface area (Å²) in [5.74, 6) is 0.0821. The lowest BCUT2D eigenvalue weighted by Crippen LogP contribution is -2.55. The van der Waals surface area contributed by atoms with E-state index in [4.69, 9.17) is 9.47 Å². The average Bonchev–Trinajstić information content (AvgIpc) is 3.32. The van der Waals surface area contributed by atoms with Gasteiger partial charge in [-0.2, -0.15) is 0 Å². The molecule has 5 heteroatoms. The van der Waals surface area contributed by atoms with Crippen molar-refractivity contribution in [2.24, 2.45) is 17.3 Å². The van der Waals surface area contributed by atoms with Gasteiger partial charge in [0.2, 0.25) is 0 Å². The second-order valence-electron chi connectivity index (χ2n) is 9.76. The Labute approximate surface area is 183 Å². The molecule has 2 aliphatic heterocycles. The van der Waals surface area contributed by atoms with E-state index in [0.717, 1.165) is 12.8 Å². The molecule has 0 radical (unpaired) electrons. The number of hydrogen-bond acceptors (Lipinski definition) is 5. The number of ether oxygens (including phenoxy) is 2.